The van der Waals surface area contributed by atoms with Crippen molar-refractivity contribution < 1.29 is 9.90 Å². The molecule has 0 aliphatic heterocycles. The Kier molecular flexibility index (Phi) is 3.44. The lowest BCUT2D eigenvalue weighted by Gasteiger charge is -2.45. The van der Waals surface area contributed by atoms with Gasteiger partial charge in [-0.3, -0.25) is 4.79 Å². The van der Waals surface area contributed by atoms with Crippen molar-refractivity contribution in [1.29, 1.82) is 0 Å². The van der Waals surface area contributed by atoms with Crippen LogP contribution in [0, 0.1) is 11.3 Å². The van der Waals surface area contributed by atoms with Crippen LogP contribution in [0.3, 0.4) is 0 Å². The molecule has 1 aliphatic carbocycles. The first kappa shape index (κ1) is 12.5. The number of hydrogen-bond acceptors (Lipinski definition) is 2. The van der Waals surface area contributed by atoms with Crippen molar-refractivity contribution in [2.75, 3.05) is 0 Å². The van der Waals surface area contributed by atoms with Gasteiger partial charge < -0.3 is 10.8 Å². The van der Waals surface area contributed by atoms with Crippen LogP contribution < -0.4 is 5.73 Å². The molecule has 1 fully saturated rings. The molecule has 1 saturated carbocycles. The van der Waals surface area contributed by atoms with Gasteiger partial charge in [-0.15, -0.1) is 0 Å². The first-order valence-electron chi connectivity index (χ1n) is 5.75. The number of carboxylic acids is 1. The summed E-state index contributed by atoms with van der Waals surface area (Å²) >= 11 is 0. The molecule has 0 radical (unpaired) electrons. The number of rotatable bonds is 5. The second kappa shape index (κ2) is 4.12. The maximum Gasteiger partial charge on any atom is 0.303 e. The highest BCUT2D eigenvalue weighted by Gasteiger charge is 2.42. The quantitative estimate of drug-likeness (QED) is 0.737. The Morgan fingerprint density at radius 2 is 1.93 bits per heavy atom. The predicted molar refractivity (Wildman–Crippen MR) is 60.6 cm³/mol. The molecule has 0 bridgehead atoms. The number of carboxylic acid groups (broad SMARTS) is 1. The molecule has 0 saturated heterocycles. The summed E-state index contributed by atoms with van der Waals surface area (Å²) in [5.41, 5.74) is 5.41. The summed E-state index contributed by atoms with van der Waals surface area (Å²) in [5.74, 6) is -0.0486. The zero-order valence-corrected chi connectivity index (χ0v) is 10.0. The highest BCUT2D eigenvalue weighted by molar-refractivity contribution is 5.68. The van der Waals surface area contributed by atoms with Crippen LogP contribution in [0.25, 0.3) is 0 Å². The Morgan fingerprint density at radius 3 is 2.20 bits per heavy atom. The van der Waals surface area contributed by atoms with Crippen LogP contribution in [0.2, 0.25) is 0 Å². The van der Waals surface area contributed by atoms with Crippen molar-refractivity contribution >= 4 is 5.97 Å². The van der Waals surface area contributed by atoms with Gasteiger partial charge in [-0.25, -0.2) is 0 Å². The van der Waals surface area contributed by atoms with Gasteiger partial charge in [-0.05, 0) is 31.6 Å². The second-order valence-corrected chi connectivity index (χ2v) is 5.85. The van der Waals surface area contributed by atoms with Crippen molar-refractivity contribution in [3.8, 4) is 0 Å². The molecular formula is C12H23NO2. The summed E-state index contributed by atoms with van der Waals surface area (Å²) in [4.78, 5) is 10.9. The minimum atomic E-state index is -0.740. The Hall–Kier alpha value is -0.570. The number of nitrogens with two attached hydrogens (primary N) is 1. The summed E-state index contributed by atoms with van der Waals surface area (Å²) in [5, 5.41) is 8.96. The topological polar surface area (TPSA) is 63.3 Å². The molecular weight excluding hydrogens is 190 g/mol. The van der Waals surface area contributed by atoms with Gasteiger partial charge in [0, 0.05) is 5.54 Å². The van der Waals surface area contributed by atoms with E-state index in [4.69, 9.17) is 10.8 Å². The maximum absolute atomic E-state index is 10.9. The molecule has 1 atom stereocenters. The third kappa shape index (κ3) is 2.94. The minimum Gasteiger partial charge on any atom is -0.481 e. The van der Waals surface area contributed by atoms with E-state index in [0.717, 1.165) is 6.42 Å². The fourth-order valence-corrected chi connectivity index (χ4v) is 2.23. The number of carbonyl (C=O) groups is 1. The number of aliphatic carboxylic acids is 1. The molecule has 3 nitrogen and oxygen atoms in total. The van der Waals surface area contributed by atoms with E-state index in [1.165, 1.54) is 19.3 Å². The lowest BCUT2D eigenvalue weighted by Crippen LogP contribution is -2.51. The summed E-state index contributed by atoms with van der Waals surface area (Å²) in [6, 6.07) is 0. The summed E-state index contributed by atoms with van der Waals surface area (Å²) < 4.78 is 0. The van der Waals surface area contributed by atoms with Gasteiger partial charge in [0.15, 0.2) is 0 Å². The normalized spacial score (nSPS) is 21.9. The van der Waals surface area contributed by atoms with E-state index in [1.807, 2.05) is 20.8 Å². The van der Waals surface area contributed by atoms with E-state index in [1.54, 1.807) is 0 Å². The van der Waals surface area contributed by atoms with Crippen molar-refractivity contribution in [3.63, 3.8) is 0 Å². The molecule has 0 aromatic rings. The predicted octanol–water partition coefficient (Wildman–Crippen LogP) is 2.39. The summed E-state index contributed by atoms with van der Waals surface area (Å²) in [7, 11) is 0. The molecule has 3 heteroatoms. The van der Waals surface area contributed by atoms with E-state index in [9.17, 15) is 4.79 Å². The molecule has 0 aromatic heterocycles. The third-order valence-electron chi connectivity index (χ3n) is 4.06. The largest absolute Gasteiger partial charge is 0.481 e. The fourth-order valence-electron chi connectivity index (χ4n) is 2.23. The summed E-state index contributed by atoms with van der Waals surface area (Å²) in [6.07, 6.45) is 4.89. The van der Waals surface area contributed by atoms with Crippen LogP contribution >= 0.6 is 0 Å². The van der Waals surface area contributed by atoms with Gasteiger partial charge in [0.1, 0.15) is 0 Å². The Morgan fingerprint density at radius 1 is 1.40 bits per heavy atom. The van der Waals surface area contributed by atoms with Crippen LogP contribution in [-0.2, 0) is 4.79 Å². The lowest BCUT2D eigenvalue weighted by molar-refractivity contribution is -0.141. The van der Waals surface area contributed by atoms with Crippen LogP contribution in [0.15, 0.2) is 0 Å². The first-order valence-corrected chi connectivity index (χ1v) is 5.75. The van der Waals surface area contributed by atoms with Crippen molar-refractivity contribution in [2.24, 2.45) is 17.1 Å². The molecule has 0 amide bonds. The maximum atomic E-state index is 10.9. The average Bonchev–Trinajstić information content (AvgIpc) is 1.93. The Labute approximate surface area is 92.0 Å². The van der Waals surface area contributed by atoms with Gasteiger partial charge in [-0.2, -0.15) is 0 Å². The second-order valence-electron chi connectivity index (χ2n) is 5.85. The van der Waals surface area contributed by atoms with Crippen LogP contribution in [0.1, 0.15) is 52.9 Å². The Bertz CT molecular complexity index is 240. The zero-order chi connectivity index (χ0) is 11.7. The minimum absolute atomic E-state index is 0.174. The summed E-state index contributed by atoms with van der Waals surface area (Å²) in [6.45, 7) is 5.89. The van der Waals surface area contributed by atoms with Gasteiger partial charge in [0.05, 0.1) is 6.42 Å². The molecule has 1 rings (SSSR count). The smallest absolute Gasteiger partial charge is 0.303 e. The number of hydrogen-bond donors (Lipinski definition) is 2. The van der Waals surface area contributed by atoms with E-state index in [0.29, 0.717) is 5.92 Å². The van der Waals surface area contributed by atoms with Crippen molar-refractivity contribution in [2.45, 2.75) is 58.4 Å². The molecule has 0 spiro atoms. The van der Waals surface area contributed by atoms with Gasteiger partial charge in [0.2, 0.25) is 0 Å². The van der Waals surface area contributed by atoms with E-state index >= 15 is 0 Å². The van der Waals surface area contributed by atoms with Crippen molar-refractivity contribution in [1.82, 2.24) is 0 Å². The lowest BCUT2D eigenvalue weighted by atomic mass is 9.63. The molecule has 15 heavy (non-hydrogen) atoms. The average molecular weight is 213 g/mol. The highest BCUT2D eigenvalue weighted by atomic mass is 16.4. The molecule has 88 valence electrons. The van der Waals surface area contributed by atoms with E-state index in [2.05, 4.69) is 0 Å². The van der Waals surface area contributed by atoms with Crippen LogP contribution in [0.5, 0.6) is 0 Å². The Balaban J connectivity index is 2.70. The molecule has 0 aromatic carbocycles. The molecule has 3 N–H and O–H groups in total. The van der Waals surface area contributed by atoms with E-state index < -0.39 is 11.5 Å². The van der Waals surface area contributed by atoms with Crippen molar-refractivity contribution in [3.05, 3.63) is 0 Å². The molecule has 0 heterocycles. The van der Waals surface area contributed by atoms with Gasteiger partial charge >= 0.3 is 5.97 Å². The van der Waals surface area contributed by atoms with Gasteiger partial charge in [-0.1, -0.05) is 26.2 Å². The van der Waals surface area contributed by atoms with Crippen LogP contribution in [-0.4, -0.2) is 16.6 Å². The van der Waals surface area contributed by atoms with Crippen LogP contribution in [0.4, 0.5) is 0 Å². The SMILES string of the molecule is CC(C)(N)C(C)(CC(=O)O)CC1CCC1. The van der Waals surface area contributed by atoms with E-state index in [-0.39, 0.29) is 11.8 Å². The first-order chi connectivity index (χ1) is 6.74. The molecule has 1 unspecified atom stereocenters. The zero-order valence-electron chi connectivity index (χ0n) is 10.0. The fraction of sp³-hybridized carbons (Fsp3) is 0.917. The standard InChI is InChI=1S/C12H23NO2/c1-11(2,13)12(3,8-10(14)15)7-9-5-4-6-9/h9H,4-8,13H2,1-3H3,(H,14,15). The third-order valence-corrected chi connectivity index (χ3v) is 4.06. The monoisotopic (exact) mass is 213 g/mol. The van der Waals surface area contributed by atoms with Gasteiger partial charge in [0.25, 0.3) is 0 Å². The highest BCUT2D eigenvalue weighted by Crippen LogP contribution is 2.44. The molecule has 1 aliphatic rings.